The molecule has 2 N–H and O–H groups in total. The molecule has 2 aromatic carbocycles. The van der Waals surface area contributed by atoms with Crippen LogP contribution in [-0.2, 0) is 9.53 Å². The van der Waals surface area contributed by atoms with E-state index in [0.29, 0.717) is 16.8 Å². The highest BCUT2D eigenvalue weighted by Gasteiger charge is 2.69. The molecule has 1 spiro atoms. The maximum Gasteiger partial charge on any atom is 0.281 e. The molecule has 0 aromatic heterocycles. The van der Waals surface area contributed by atoms with Crippen LogP contribution in [0.5, 0.6) is 5.75 Å². The molecule has 1 fully saturated rings. The smallest absolute Gasteiger partial charge is 0.281 e. The number of ether oxygens (including phenoxy) is 1. The van der Waals surface area contributed by atoms with E-state index in [2.05, 4.69) is 5.32 Å². The summed E-state index contributed by atoms with van der Waals surface area (Å²) in [6, 6.07) is 13.5. The zero-order valence-electron chi connectivity index (χ0n) is 12.3. The second kappa shape index (κ2) is 4.57. The van der Waals surface area contributed by atoms with Gasteiger partial charge >= 0.3 is 0 Å². The number of rotatable bonds is 1. The topological polar surface area (TPSA) is 82.2 Å². The Balaban J connectivity index is 1.79. The van der Waals surface area contributed by atoms with Crippen molar-refractivity contribution in [3.8, 4) is 5.75 Å². The molecule has 2 aromatic rings. The Labute approximate surface area is 132 Å². The lowest BCUT2D eigenvalue weighted by Gasteiger charge is -2.21. The maximum atomic E-state index is 12.7. The molecule has 2 amide bonds. The van der Waals surface area contributed by atoms with Crippen LogP contribution in [0.1, 0.15) is 22.0 Å². The van der Waals surface area contributed by atoms with Gasteiger partial charge < -0.3 is 20.1 Å². The second-order valence-electron chi connectivity index (χ2n) is 5.62. The summed E-state index contributed by atoms with van der Waals surface area (Å²) in [7, 11) is 1.53. The van der Waals surface area contributed by atoms with Crippen LogP contribution < -0.4 is 5.32 Å². The summed E-state index contributed by atoms with van der Waals surface area (Å²) in [5.74, 6) is -0.701. The zero-order chi connectivity index (χ0) is 16.2. The largest absolute Gasteiger partial charge is 0.508 e. The predicted molar refractivity (Wildman–Crippen MR) is 81.8 cm³/mol. The molecule has 2 aliphatic heterocycles. The maximum absolute atomic E-state index is 12.7. The first-order valence-corrected chi connectivity index (χ1v) is 7.20. The number of hydrogen-bond acceptors (Lipinski definition) is 4. The molecule has 2 aliphatic rings. The fourth-order valence-electron chi connectivity index (χ4n) is 3.03. The van der Waals surface area contributed by atoms with Gasteiger partial charge in [-0.25, -0.2) is 0 Å². The number of benzene rings is 2. The van der Waals surface area contributed by atoms with Gasteiger partial charge in [0.2, 0.25) is 0 Å². The summed E-state index contributed by atoms with van der Waals surface area (Å²) in [5.41, 5.74) is -0.0904. The van der Waals surface area contributed by atoms with Crippen molar-refractivity contribution in [1.82, 2.24) is 4.90 Å². The van der Waals surface area contributed by atoms with Gasteiger partial charge in [-0.05, 0) is 18.2 Å². The number of phenolic OH excluding ortho intramolecular Hbond substituents is 1. The quantitative estimate of drug-likeness (QED) is 0.788. The molecule has 2 heterocycles. The van der Waals surface area contributed by atoms with Gasteiger partial charge in [0.05, 0.1) is 11.3 Å². The Hall–Kier alpha value is -2.86. The minimum Gasteiger partial charge on any atom is -0.508 e. The third-order valence-electron chi connectivity index (χ3n) is 4.35. The van der Waals surface area contributed by atoms with Crippen molar-refractivity contribution >= 4 is 17.5 Å². The van der Waals surface area contributed by atoms with Crippen molar-refractivity contribution in [2.75, 3.05) is 12.4 Å². The van der Waals surface area contributed by atoms with Crippen molar-refractivity contribution in [3.63, 3.8) is 0 Å². The molecule has 0 aliphatic carbocycles. The van der Waals surface area contributed by atoms with E-state index in [4.69, 9.17) is 4.74 Å². The van der Waals surface area contributed by atoms with Gasteiger partial charge in [-0.3, -0.25) is 9.59 Å². The lowest BCUT2D eigenvalue weighted by atomic mass is 10.0. The monoisotopic (exact) mass is 310 g/mol. The van der Waals surface area contributed by atoms with Crippen molar-refractivity contribution < 1.29 is 19.4 Å². The lowest BCUT2D eigenvalue weighted by molar-refractivity contribution is -0.125. The highest BCUT2D eigenvalue weighted by atomic mass is 16.6. The molecule has 0 saturated carbocycles. The number of nitrogens with zero attached hydrogens (tertiary/aromatic N) is 1. The van der Waals surface area contributed by atoms with E-state index in [9.17, 15) is 14.7 Å². The Kier molecular flexibility index (Phi) is 2.74. The number of hydrogen-bond donors (Lipinski definition) is 2. The Morgan fingerprint density at radius 1 is 1.13 bits per heavy atom. The van der Waals surface area contributed by atoms with Crippen LogP contribution in [0.2, 0.25) is 0 Å². The van der Waals surface area contributed by atoms with Gasteiger partial charge in [0.1, 0.15) is 11.9 Å². The predicted octanol–water partition coefficient (Wildman–Crippen LogP) is 1.88. The minimum atomic E-state index is -1.44. The second-order valence-corrected chi connectivity index (χ2v) is 5.62. The molecular formula is C17H14N2O4. The van der Waals surface area contributed by atoms with E-state index in [1.54, 1.807) is 42.5 Å². The number of aromatic hydroxyl groups is 1. The highest BCUT2D eigenvalue weighted by Crippen LogP contribution is 2.55. The number of phenols is 1. The van der Waals surface area contributed by atoms with E-state index in [-0.39, 0.29) is 11.7 Å². The molecule has 6 nitrogen and oxygen atoms in total. The third kappa shape index (κ3) is 1.78. The lowest BCUT2D eigenvalue weighted by Crippen LogP contribution is -2.46. The van der Waals surface area contributed by atoms with Crippen molar-refractivity contribution in [1.29, 1.82) is 0 Å². The molecule has 23 heavy (non-hydrogen) atoms. The number of anilines is 1. The van der Waals surface area contributed by atoms with E-state index in [1.807, 2.05) is 0 Å². The number of carbonyl (C=O) groups is 2. The SMILES string of the molecule is CN1C(=O)c2ccccc2NC(=O)[C@]12O[C@H]2c1ccccc1O. The van der Waals surface area contributed by atoms with Crippen molar-refractivity contribution in [3.05, 3.63) is 59.7 Å². The van der Waals surface area contributed by atoms with Crippen LogP contribution >= 0.6 is 0 Å². The van der Waals surface area contributed by atoms with E-state index in [0.717, 1.165) is 0 Å². The normalized spacial score (nSPS) is 25.8. The third-order valence-corrected chi connectivity index (χ3v) is 4.35. The fraction of sp³-hybridized carbons (Fsp3) is 0.176. The fourth-order valence-corrected chi connectivity index (χ4v) is 3.03. The molecule has 116 valence electrons. The highest BCUT2D eigenvalue weighted by molar-refractivity contribution is 6.12. The molecule has 4 rings (SSSR count). The molecular weight excluding hydrogens is 296 g/mol. The van der Waals surface area contributed by atoms with Crippen LogP contribution in [0, 0.1) is 0 Å². The summed E-state index contributed by atoms with van der Waals surface area (Å²) < 4.78 is 5.65. The van der Waals surface area contributed by atoms with Gasteiger partial charge in [-0.15, -0.1) is 0 Å². The summed E-state index contributed by atoms with van der Waals surface area (Å²) in [5, 5.41) is 12.7. The average Bonchev–Trinajstić information content (AvgIpc) is 3.31. The molecule has 0 radical (unpaired) electrons. The van der Waals surface area contributed by atoms with Gasteiger partial charge in [0, 0.05) is 12.6 Å². The standard InChI is InChI=1S/C17H14N2O4/c1-19-15(21)10-6-2-4-8-12(10)18-16(22)17(19)14(23-17)11-7-3-5-9-13(11)20/h2-9,14,20H,1H3,(H,18,22)/t14-,17-/m0/s1. The van der Waals surface area contributed by atoms with E-state index >= 15 is 0 Å². The summed E-state index contributed by atoms with van der Waals surface area (Å²) in [6.07, 6.45) is -0.702. The first-order chi connectivity index (χ1) is 11.1. The number of nitrogens with one attached hydrogen (secondary N) is 1. The van der Waals surface area contributed by atoms with Gasteiger partial charge in [0.15, 0.2) is 0 Å². The number of epoxide rings is 1. The van der Waals surface area contributed by atoms with Gasteiger partial charge in [-0.1, -0.05) is 30.3 Å². The van der Waals surface area contributed by atoms with E-state index < -0.39 is 17.7 Å². The van der Waals surface area contributed by atoms with Crippen LogP contribution in [0.3, 0.4) is 0 Å². The summed E-state index contributed by atoms with van der Waals surface area (Å²) >= 11 is 0. The van der Waals surface area contributed by atoms with Crippen molar-refractivity contribution in [2.45, 2.75) is 11.8 Å². The van der Waals surface area contributed by atoms with Gasteiger partial charge in [-0.2, -0.15) is 0 Å². The number of likely N-dealkylation sites (N-methyl/N-ethyl adjacent to an activating group) is 1. The summed E-state index contributed by atoms with van der Waals surface area (Å²) in [6.45, 7) is 0. The molecule has 1 saturated heterocycles. The Bertz CT molecular complexity index is 835. The molecule has 6 heteroatoms. The minimum absolute atomic E-state index is 0.0322. The Morgan fingerprint density at radius 3 is 2.61 bits per heavy atom. The van der Waals surface area contributed by atoms with E-state index in [1.165, 1.54) is 18.0 Å². The average molecular weight is 310 g/mol. The van der Waals surface area contributed by atoms with Crippen LogP contribution in [0.4, 0.5) is 5.69 Å². The van der Waals surface area contributed by atoms with Crippen molar-refractivity contribution in [2.24, 2.45) is 0 Å². The van der Waals surface area contributed by atoms with Gasteiger partial charge in [0.25, 0.3) is 17.5 Å². The number of carbonyl (C=O) groups excluding carboxylic acids is 2. The van der Waals surface area contributed by atoms with Crippen LogP contribution in [0.25, 0.3) is 0 Å². The first kappa shape index (κ1) is 13.8. The molecule has 0 unspecified atom stereocenters. The zero-order valence-corrected chi connectivity index (χ0v) is 12.3. The number of fused-ring (bicyclic) bond motifs is 1. The first-order valence-electron chi connectivity index (χ1n) is 7.20. The van der Waals surface area contributed by atoms with Crippen LogP contribution in [-0.4, -0.2) is 34.6 Å². The number of para-hydroxylation sites is 2. The number of amides is 2. The summed E-state index contributed by atoms with van der Waals surface area (Å²) in [4.78, 5) is 26.7. The molecule has 2 atom stereocenters. The van der Waals surface area contributed by atoms with Crippen LogP contribution in [0.15, 0.2) is 48.5 Å². The Morgan fingerprint density at radius 2 is 1.83 bits per heavy atom. The molecule has 0 bridgehead atoms.